The van der Waals surface area contributed by atoms with Crippen LogP contribution in [-0.2, 0) is 4.79 Å². The third-order valence-corrected chi connectivity index (χ3v) is 6.38. The first-order valence-electron chi connectivity index (χ1n) is 10.4. The molecular formula is C24H28FNO2. The highest BCUT2D eigenvalue weighted by atomic mass is 19.1. The fourth-order valence-electron chi connectivity index (χ4n) is 4.36. The normalized spacial score (nSPS) is 18.6. The van der Waals surface area contributed by atoms with Crippen molar-refractivity contribution in [3.8, 4) is 16.9 Å². The Morgan fingerprint density at radius 1 is 1.07 bits per heavy atom. The Morgan fingerprint density at radius 2 is 1.82 bits per heavy atom. The molecule has 0 saturated heterocycles. The minimum atomic E-state index is -0.403. The molecule has 2 saturated carbocycles. The summed E-state index contributed by atoms with van der Waals surface area (Å²) in [6.45, 7) is 1.80. The van der Waals surface area contributed by atoms with Crippen LogP contribution in [0.4, 0.5) is 4.39 Å². The van der Waals surface area contributed by atoms with Gasteiger partial charge < -0.3 is 10.5 Å². The van der Waals surface area contributed by atoms with Crippen LogP contribution in [0.3, 0.4) is 0 Å². The highest BCUT2D eigenvalue weighted by Crippen LogP contribution is 2.45. The van der Waals surface area contributed by atoms with Crippen molar-refractivity contribution in [3.63, 3.8) is 0 Å². The molecule has 0 spiro atoms. The van der Waals surface area contributed by atoms with Crippen LogP contribution in [-0.4, -0.2) is 12.0 Å². The van der Waals surface area contributed by atoms with Crippen LogP contribution in [0.1, 0.15) is 74.8 Å². The Balaban J connectivity index is 1.81. The second-order valence-corrected chi connectivity index (χ2v) is 8.23. The molecular weight excluding hydrogens is 353 g/mol. The molecule has 1 unspecified atom stereocenters. The summed E-state index contributed by atoms with van der Waals surface area (Å²) in [4.78, 5) is 11.7. The summed E-state index contributed by atoms with van der Waals surface area (Å²) < 4.78 is 21.2. The van der Waals surface area contributed by atoms with Crippen molar-refractivity contribution in [2.75, 3.05) is 0 Å². The number of carbonyl (C=O) groups excluding carboxylic acids is 1. The van der Waals surface area contributed by atoms with Gasteiger partial charge in [0.15, 0.2) is 0 Å². The van der Waals surface area contributed by atoms with Crippen LogP contribution in [0.15, 0.2) is 36.4 Å². The predicted molar refractivity (Wildman–Crippen MR) is 109 cm³/mol. The quantitative estimate of drug-likeness (QED) is 0.701. The van der Waals surface area contributed by atoms with Gasteiger partial charge in [-0.25, -0.2) is 4.39 Å². The molecule has 0 radical (unpaired) electrons. The summed E-state index contributed by atoms with van der Waals surface area (Å²) in [7, 11) is 0. The number of rotatable bonds is 6. The maximum absolute atomic E-state index is 14.8. The van der Waals surface area contributed by atoms with Crippen molar-refractivity contribution in [3.05, 3.63) is 53.3 Å². The minimum Gasteiger partial charge on any atom is -0.490 e. The zero-order valence-corrected chi connectivity index (χ0v) is 16.4. The van der Waals surface area contributed by atoms with Gasteiger partial charge in [0.05, 0.1) is 12.0 Å². The number of hydrogen-bond donors (Lipinski definition) is 1. The lowest BCUT2D eigenvalue weighted by Gasteiger charge is -2.29. The fourth-order valence-corrected chi connectivity index (χ4v) is 4.36. The van der Waals surface area contributed by atoms with E-state index in [9.17, 15) is 9.18 Å². The molecule has 2 aliphatic carbocycles. The van der Waals surface area contributed by atoms with Gasteiger partial charge in [-0.1, -0.05) is 24.6 Å². The first-order chi connectivity index (χ1) is 13.5. The van der Waals surface area contributed by atoms with Gasteiger partial charge in [0, 0.05) is 5.56 Å². The Kier molecular flexibility index (Phi) is 5.38. The average molecular weight is 381 g/mol. The molecule has 1 atom stereocenters. The molecule has 0 bridgehead atoms. The fraction of sp³-hybridized carbons (Fsp3) is 0.458. The van der Waals surface area contributed by atoms with Gasteiger partial charge in [-0.3, -0.25) is 4.79 Å². The molecule has 4 heteroatoms. The van der Waals surface area contributed by atoms with E-state index < -0.39 is 5.92 Å². The number of amides is 1. The van der Waals surface area contributed by atoms with Gasteiger partial charge in [0.25, 0.3) is 0 Å². The molecule has 3 nitrogen and oxygen atoms in total. The zero-order valence-electron chi connectivity index (χ0n) is 16.4. The van der Waals surface area contributed by atoms with E-state index >= 15 is 0 Å². The van der Waals surface area contributed by atoms with Crippen LogP contribution < -0.4 is 10.5 Å². The van der Waals surface area contributed by atoms with Gasteiger partial charge >= 0.3 is 0 Å². The summed E-state index contributed by atoms with van der Waals surface area (Å²) >= 11 is 0. The van der Waals surface area contributed by atoms with Crippen molar-refractivity contribution in [2.45, 2.75) is 69.8 Å². The van der Waals surface area contributed by atoms with E-state index in [0.717, 1.165) is 60.1 Å². The monoisotopic (exact) mass is 381 g/mol. The van der Waals surface area contributed by atoms with Crippen LogP contribution in [0.2, 0.25) is 0 Å². The number of primary amides is 1. The number of halogens is 1. The SMILES string of the molecule is CC(C(N)=O)c1ccc(OC2CCCC2)c(-c2cccc(F)c2C2CCC2)c1. The summed E-state index contributed by atoms with van der Waals surface area (Å²) in [5.74, 6) is 0.113. The number of nitrogens with two attached hydrogens (primary N) is 1. The van der Waals surface area contributed by atoms with Crippen LogP contribution in [0.25, 0.3) is 11.1 Å². The third kappa shape index (κ3) is 3.65. The minimum absolute atomic E-state index is 0.151. The third-order valence-electron chi connectivity index (χ3n) is 6.38. The van der Waals surface area contributed by atoms with Crippen molar-refractivity contribution >= 4 is 5.91 Å². The predicted octanol–water partition coefficient (Wildman–Crippen LogP) is 5.67. The molecule has 0 aromatic heterocycles. The largest absolute Gasteiger partial charge is 0.490 e. The molecule has 2 aromatic carbocycles. The van der Waals surface area contributed by atoms with E-state index in [2.05, 4.69) is 0 Å². The second kappa shape index (κ2) is 7.94. The van der Waals surface area contributed by atoms with Crippen molar-refractivity contribution in [1.29, 1.82) is 0 Å². The van der Waals surface area contributed by atoms with E-state index in [-0.39, 0.29) is 23.7 Å². The first kappa shape index (κ1) is 19.0. The van der Waals surface area contributed by atoms with Crippen LogP contribution in [0.5, 0.6) is 5.75 Å². The molecule has 2 N–H and O–H groups in total. The van der Waals surface area contributed by atoms with E-state index in [4.69, 9.17) is 10.5 Å². The molecule has 0 heterocycles. The lowest BCUT2D eigenvalue weighted by Crippen LogP contribution is -2.19. The summed E-state index contributed by atoms with van der Waals surface area (Å²) in [5.41, 5.74) is 8.91. The number of carbonyl (C=O) groups is 1. The van der Waals surface area contributed by atoms with Crippen molar-refractivity contribution < 1.29 is 13.9 Å². The van der Waals surface area contributed by atoms with Crippen LogP contribution >= 0.6 is 0 Å². The van der Waals surface area contributed by atoms with Crippen molar-refractivity contribution in [1.82, 2.24) is 0 Å². The Hall–Kier alpha value is -2.36. The summed E-state index contributed by atoms with van der Waals surface area (Å²) in [6.07, 6.45) is 7.86. The maximum atomic E-state index is 14.8. The van der Waals surface area contributed by atoms with Crippen molar-refractivity contribution in [2.24, 2.45) is 5.73 Å². The van der Waals surface area contributed by atoms with Gasteiger partial charge in [-0.2, -0.15) is 0 Å². The standard InChI is InChI=1S/C24H28FNO2/c1-15(24(26)27)17-12-13-22(28-18-8-2-3-9-18)20(14-17)19-10-5-11-21(25)23(19)16-6-4-7-16/h5,10-16,18H,2-4,6-9H2,1H3,(H2,26,27). The Labute approximate surface area is 166 Å². The zero-order chi connectivity index (χ0) is 19.7. The molecule has 2 fully saturated rings. The van der Waals surface area contributed by atoms with E-state index in [1.54, 1.807) is 19.1 Å². The van der Waals surface area contributed by atoms with Gasteiger partial charge in [-0.15, -0.1) is 0 Å². The van der Waals surface area contributed by atoms with Gasteiger partial charge in [0.2, 0.25) is 5.91 Å². The number of benzene rings is 2. The highest BCUT2D eigenvalue weighted by Gasteiger charge is 2.28. The average Bonchev–Trinajstić information content (AvgIpc) is 3.15. The molecule has 4 rings (SSSR count). The van der Waals surface area contributed by atoms with E-state index in [1.165, 1.54) is 12.8 Å². The summed E-state index contributed by atoms with van der Waals surface area (Å²) in [5, 5.41) is 0. The van der Waals surface area contributed by atoms with Gasteiger partial charge in [-0.05, 0) is 86.3 Å². The smallest absolute Gasteiger partial charge is 0.224 e. The number of ether oxygens (including phenoxy) is 1. The molecule has 148 valence electrons. The Bertz CT molecular complexity index is 869. The molecule has 0 aliphatic heterocycles. The molecule has 2 aromatic rings. The topological polar surface area (TPSA) is 52.3 Å². The highest BCUT2D eigenvalue weighted by molar-refractivity contribution is 5.83. The van der Waals surface area contributed by atoms with Crippen LogP contribution in [0, 0.1) is 5.82 Å². The Morgan fingerprint density at radius 3 is 2.46 bits per heavy atom. The lowest BCUT2D eigenvalue weighted by molar-refractivity contribution is -0.119. The molecule has 28 heavy (non-hydrogen) atoms. The maximum Gasteiger partial charge on any atom is 0.224 e. The van der Waals surface area contributed by atoms with E-state index in [1.807, 2.05) is 24.3 Å². The summed E-state index contributed by atoms with van der Waals surface area (Å²) in [6, 6.07) is 11.1. The van der Waals surface area contributed by atoms with E-state index in [0.29, 0.717) is 0 Å². The molecule has 2 aliphatic rings. The lowest BCUT2D eigenvalue weighted by atomic mass is 9.76. The van der Waals surface area contributed by atoms with Gasteiger partial charge in [0.1, 0.15) is 11.6 Å². The number of hydrogen-bond acceptors (Lipinski definition) is 2. The molecule has 1 amide bonds. The first-order valence-corrected chi connectivity index (χ1v) is 10.4. The second-order valence-electron chi connectivity index (χ2n) is 8.23.